The summed E-state index contributed by atoms with van der Waals surface area (Å²) in [7, 11) is 1.38. The van der Waals surface area contributed by atoms with Crippen LogP contribution >= 0.6 is 22.6 Å². The van der Waals surface area contributed by atoms with Crippen molar-refractivity contribution in [2.24, 2.45) is 0 Å². The van der Waals surface area contributed by atoms with Gasteiger partial charge in [0.2, 0.25) is 0 Å². The quantitative estimate of drug-likeness (QED) is 0.659. The first-order valence-corrected chi connectivity index (χ1v) is 6.85. The summed E-state index contributed by atoms with van der Waals surface area (Å²) in [5.41, 5.74) is 2.49. The number of carbonyl (C=O) groups is 1. The molecule has 0 atom stereocenters. The Morgan fingerprint density at radius 3 is 2.79 bits per heavy atom. The van der Waals surface area contributed by atoms with Crippen molar-refractivity contribution in [3.63, 3.8) is 0 Å². The molecule has 0 saturated heterocycles. The van der Waals surface area contributed by atoms with Gasteiger partial charge in [-0.05, 0) is 59.3 Å². The van der Waals surface area contributed by atoms with Crippen molar-refractivity contribution in [1.82, 2.24) is 0 Å². The summed E-state index contributed by atoms with van der Waals surface area (Å²) >= 11 is 2.13. The Morgan fingerprint density at radius 1 is 1.37 bits per heavy atom. The third-order valence-electron chi connectivity index (χ3n) is 2.74. The van der Waals surface area contributed by atoms with Crippen LogP contribution in [0.3, 0.4) is 0 Å². The lowest BCUT2D eigenvalue weighted by Gasteiger charge is -2.09. The highest BCUT2D eigenvalue weighted by Gasteiger charge is 2.08. The fraction of sp³-hybridized carbons (Fsp3) is 0.214. The average molecular weight is 371 g/mol. The maximum absolute atomic E-state index is 11.5. The van der Waals surface area contributed by atoms with Crippen molar-refractivity contribution in [2.45, 2.75) is 13.5 Å². The fourth-order valence-electron chi connectivity index (χ4n) is 1.69. The molecule has 0 unspecified atom stereocenters. The number of rotatable bonds is 4. The Kier molecular flexibility index (Phi) is 4.47. The maximum Gasteiger partial charge on any atom is 0.337 e. The molecular formula is C14H14INO3. The molecule has 0 aliphatic heterocycles. The van der Waals surface area contributed by atoms with E-state index in [1.807, 2.05) is 25.1 Å². The number of halogens is 1. The van der Waals surface area contributed by atoms with E-state index in [-0.39, 0.29) is 5.97 Å². The van der Waals surface area contributed by atoms with E-state index >= 15 is 0 Å². The first-order chi connectivity index (χ1) is 9.10. The molecule has 4 nitrogen and oxygen atoms in total. The van der Waals surface area contributed by atoms with Gasteiger partial charge < -0.3 is 14.5 Å². The number of nitrogens with one attached hydrogen (secondary N) is 1. The summed E-state index contributed by atoms with van der Waals surface area (Å²) < 4.78 is 11.0. The molecule has 0 bridgehead atoms. The zero-order valence-electron chi connectivity index (χ0n) is 10.7. The van der Waals surface area contributed by atoms with Gasteiger partial charge in [-0.2, -0.15) is 0 Å². The summed E-state index contributed by atoms with van der Waals surface area (Å²) in [6, 6.07) is 9.27. The van der Waals surface area contributed by atoms with Gasteiger partial charge in [0, 0.05) is 5.69 Å². The van der Waals surface area contributed by atoms with E-state index in [1.54, 1.807) is 12.1 Å². The summed E-state index contributed by atoms with van der Waals surface area (Å²) in [5, 5.41) is 3.26. The number of methoxy groups -OCH3 is 1. The molecule has 0 radical (unpaired) electrons. The highest BCUT2D eigenvalue weighted by molar-refractivity contribution is 14.1. The average Bonchev–Trinajstić information content (AvgIpc) is 2.82. The number of hydrogen-bond donors (Lipinski definition) is 1. The SMILES string of the molecule is COC(=O)c1ccc(C)c(NCc2ccc(I)o2)c1. The number of benzene rings is 1. The van der Waals surface area contributed by atoms with Gasteiger partial charge >= 0.3 is 5.97 Å². The molecule has 0 spiro atoms. The third kappa shape index (κ3) is 3.50. The first-order valence-electron chi connectivity index (χ1n) is 5.77. The minimum absolute atomic E-state index is 0.337. The number of furan rings is 1. The normalized spacial score (nSPS) is 10.3. The van der Waals surface area contributed by atoms with Crippen LogP contribution in [0.5, 0.6) is 0 Å². The van der Waals surface area contributed by atoms with Crippen molar-refractivity contribution in [2.75, 3.05) is 12.4 Å². The number of carbonyl (C=O) groups excluding carboxylic acids is 1. The second-order valence-corrected chi connectivity index (χ2v) is 5.14. The second kappa shape index (κ2) is 6.10. The van der Waals surface area contributed by atoms with Crippen LogP contribution in [0.4, 0.5) is 5.69 Å². The summed E-state index contributed by atoms with van der Waals surface area (Å²) in [4.78, 5) is 11.5. The summed E-state index contributed by atoms with van der Waals surface area (Å²) in [6.07, 6.45) is 0. The molecular weight excluding hydrogens is 357 g/mol. The summed E-state index contributed by atoms with van der Waals surface area (Å²) in [6.45, 7) is 2.56. The van der Waals surface area contributed by atoms with Crippen LogP contribution in [0.2, 0.25) is 0 Å². The van der Waals surface area contributed by atoms with Crippen LogP contribution in [0.25, 0.3) is 0 Å². The predicted octanol–water partition coefficient (Wildman–Crippen LogP) is 3.59. The molecule has 2 rings (SSSR count). The third-order valence-corrected chi connectivity index (χ3v) is 3.32. The molecule has 0 aliphatic carbocycles. The highest BCUT2D eigenvalue weighted by atomic mass is 127. The van der Waals surface area contributed by atoms with E-state index in [1.165, 1.54) is 7.11 Å². The monoisotopic (exact) mass is 371 g/mol. The lowest BCUT2D eigenvalue weighted by molar-refractivity contribution is 0.0601. The number of aryl methyl sites for hydroxylation is 1. The molecule has 2 aromatic rings. The van der Waals surface area contributed by atoms with Crippen molar-refractivity contribution in [3.8, 4) is 0 Å². The Bertz CT molecular complexity index is 592. The molecule has 0 aliphatic rings. The number of esters is 1. The molecule has 1 N–H and O–H groups in total. The van der Waals surface area contributed by atoms with E-state index in [0.29, 0.717) is 12.1 Å². The fourth-order valence-corrected chi connectivity index (χ4v) is 2.15. The largest absolute Gasteiger partial charge is 0.465 e. The van der Waals surface area contributed by atoms with E-state index in [9.17, 15) is 4.79 Å². The minimum atomic E-state index is -0.337. The Labute approximate surface area is 125 Å². The van der Waals surface area contributed by atoms with E-state index in [2.05, 4.69) is 27.9 Å². The van der Waals surface area contributed by atoms with Crippen molar-refractivity contribution < 1.29 is 13.9 Å². The van der Waals surface area contributed by atoms with E-state index in [4.69, 9.17) is 9.15 Å². The smallest absolute Gasteiger partial charge is 0.337 e. The van der Waals surface area contributed by atoms with Crippen molar-refractivity contribution in [3.05, 3.63) is 51.0 Å². The molecule has 0 fully saturated rings. The van der Waals surface area contributed by atoms with Crippen LogP contribution in [-0.2, 0) is 11.3 Å². The Hall–Kier alpha value is -1.50. The number of anilines is 1. The van der Waals surface area contributed by atoms with Gasteiger partial charge in [-0.15, -0.1) is 0 Å². The van der Waals surface area contributed by atoms with E-state index in [0.717, 1.165) is 20.8 Å². The first kappa shape index (κ1) is 13.9. The molecule has 5 heteroatoms. The zero-order chi connectivity index (χ0) is 13.8. The van der Waals surface area contributed by atoms with Crippen molar-refractivity contribution in [1.29, 1.82) is 0 Å². The van der Waals surface area contributed by atoms with Crippen LogP contribution in [0.15, 0.2) is 34.7 Å². The Morgan fingerprint density at radius 2 is 2.16 bits per heavy atom. The molecule has 19 heavy (non-hydrogen) atoms. The van der Waals surface area contributed by atoms with Gasteiger partial charge in [0.1, 0.15) is 5.76 Å². The molecule has 1 aromatic carbocycles. The van der Waals surface area contributed by atoms with Gasteiger partial charge in [0.25, 0.3) is 0 Å². The topological polar surface area (TPSA) is 51.5 Å². The summed E-state index contributed by atoms with van der Waals surface area (Å²) in [5.74, 6) is 0.517. The number of ether oxygens (including phenoxy) is 1. The van der Waals surface area contributed by atoms with E-state index < -0.39 is 0 Å². The predicted molar refractivity (Wildman–Crippen MR) is 81.3 cm³/mol. The molecule has 1 aromatic heterocycles. The lowest BCUT2D eigenvalue weighted by atomic mass is 10.1. The van der Waals surface area contributed by atoms with Gasteiger partial charge in [0.05, 0.1) is 19.2 Å². The standard InChI is InChI=1S/C14H14INO3/c1-9-3-4-10(14(17)18-2)7-12(9)16-8-11-5-6-13(15)19-11/h3-7,16H,8H2,1-2H3. The van der Waals surface area contributed by atoms with Gasteiger partial charge in [0.15, 0.2) is 3.77 Å². The molecule has 1 heterocycles. The highest BCUT2D eigenvalue weighted by Crippen LogP contribution is 2.19. The number of hydrogen-bond acceptors (Lipinski definition) is 4. The second-order valence-electron chi connectivity index (χ2n) is 4.08. The van der Waals surface area contributed by atoms with Crippen LogP contribution in [-0.4, -0.2) is 13.1 Å². The minimum Gasteiger partial charge on any atom is -0.465 e. The van der Waals surface area contributed by atoms with Gasteiger partial charge in [-0.25, -0.2) is 4.79 Å². The van der Waals surface area contributed by atoms with Crippen LogP contribution in [0, 0.1) is 10.7 Å². The van der Waals surface area contributed by atoms with Crippen LogP contribution in [0.1, 0.15) is 21.7 Å². The molecule has 100 valence electrons. The van der Waals surface area contributed by atoms with Gasteiger partial charge in [-0.3, -0.25) is 0 Å². The molecule has 0 saturated carbocycles. The Balaban J connectivity index is 2.12. The van der Waals surface area contributed by atoms with Gasteiger partial charge in [-0.1, -0.05) is 6.07 Å². The molecule has 0 amide bonds. The maximum atomic E-state index is 11.5. The van der Waals surface area contributed by atoms with Crippen LogP contribution < -0.4 is 5.32 Å². The van der Waals surface area contributed by atoms with Crippen molar-refractivity contribution >= 4 is 34.2 Å². The zero-order valence-corrected chi connectivity index (χ0v) is 12.9. The lowest BCUT2D eigenvalue weighted by Crippen LogP contribution is -2.05.